The Morgan fingerprint density at radius 3 is 2.74 bits per heavy atom. The molecular formula is C15H20N2O2. The summed E-state index contributed by atoms with van der Waals surface area (Å²) in [5.74, 6) is -0.870. The van der Waals surface area contributed by atoms with Crippen LogP contribution in [0.25, 0.3) is 10.9 Å². The number of fused-ring (bicyclic) bond motifs is 1. The molecule has 2 rings (SSSR count). The van der Waals surface area contributed by atoms with Gasteiger partial charge in [-0.25, -0.2) is 4.79 Å². The van der Waals surface area contributed by atoms with Gasteiger partial charge < -0.3 is 15.0 Å². The van der Waals surface area contributed by atoms with Gasteiger partial charge in [0.15, 0.2) is 0 Å². The Balaban J connectivity index is 2.58. The van der Waals surface area contributed by atoms with Crippen LogP contribution in [-0.2, 0) is 13.1 Å². The van der Waals surface area contributed by atoms with E-state index in [4.69, 9.17) is 0 Å². The molecule has 4 heteroatoms. The average molecular weight is 260 g/mol. The van der Waals surface area contributed by atoms with Crippen LogP contribution in [0.1, 0.15) is 36.7 Å². The molecule has 0 fully saturated rings. The second-order valence-corrected chi connectivity index (χ2v) is 4.98. The van der Waals surface area contributed by atoms with Crippen molar-refractivity contribution in [2.24, 2.45) is 0 Å². The van der Waals surface area contributed by atoms with Crippen LogP contribution in [0, 0.1) is 0 Å². The zero-order chi connectivity index (χ0) is 14.0. The number of nitrogens with one attached hydrogen (secondary N) is 1. The number of nitrogens with zero attached hydrogens (tertiary/aromatic N) is 1. The van der Waals surface area contributed by atoms with Crippen LogP contribution in [0.5, 0.6) is 0 Å². The Kier molecular flexibility index (Phi) is 3.90. The van der Waals surface area contributed by atoms with Crippen LogP contribution in [0.3, 0.4) is 0 Å². The number of hydrogen-bond acceptors (Lipinski definition) is 2. The van der Waals surface area contributed by atoms with Crippen molar-refractivity contribution in [1.82, 2.24) is 9.88 Å². The lowest BCUT2D eigenvalue weighted by Crippen LogP contribution is -2.21. The Morgan fingerprint density at radius 1 is 1.42 bits per heavy atom. The summed E-state index contributed by atoms with van der Waals surface area (Å²) in [5, 5.41) is 13.5. The van der Waals surface area contributed by atoms with Crippen molar-refractivity contribution in [1.29, 1.82) is 0 Å². The van der Waals surface area contributed by atoms with E-state index in [1.165, 1.54) is 0 Å². The van der Waals surface area contributed by atoms with Crippen molar-refractivity contribution >= 4 is 16.9 Å². The average Bonchev–Trinajstić information content (AvgIpc) is 2.74. The lowest BCUT2D eigenvalue weighted by atomic mass is 10.1. The molecule has 0 spiro atoms. The first-order valence-electron chi connectivity index (χ1n) is 6.62. The maximum atomic E-state index is 11.4. The van der Waals surface area contributed by atoms with Crippen molar-refractivity contribution in [3.05, 3.63) is 35.5 Å². The van der Waals surface area contributed by atoms with Crippen LogP contribution in [0.4, 0.5) is 0 Å². The Labute approximate surface area is 113 Å². The van der Waals surface area contributed by atoms with Crippen molar-refractivity contribution < 1.29 is 9.90 Å². The van der Waals surface area contributed by atoms with Gasteiger partial charge in [-0.2, -0.15) is 0 Å². The third-order valence-corrected chi connectivity index (χ3v) is 3.26. The number of carboxylic acid groups (broad SMARTS) is 1. The van der Waals surface area contributed by atoms with Gasteiger partial charge in [0.25, 0.3) is 0 Å². The molecule has 0 aliphatic carbocycles. The fourth-order valence-corrected chi connectivity index (χ4v) is 2.33. The van der Waals surface area contributed by atoms with Gasteiger partial charge in [0.1, 0.15) is 0 Å². The molecule has 102 valence electrons. The zero-order valence-corrected chi connectivity index (χ0v) is 11.6. The molecule has 0 aliphatic heterocycles. The number of aryl methyl sites for hydroxylation is 1. The van der Waals surface area contributed by atoms with Crippen LogP contribution in [-0.4, -0.2) is 21.7 Å². The molecule has 1 aromatic carbocycles. The molecule has 1 aromatic heterocycles. The molecule has 0 amide bonds. The van der Waals surface area contributed by atoms with Gasteiger partial charge in [0, 0.05) is 36.2 Å². The minimum Gasteiger partial charge on any atom is -0.478 e. The predicted octanol–water partition coefficient (Wildman–Crippen LogP) is 2.86. The molecule has 0 atom stereocenters. The molecule has 0 aliphatic rings. The van der Waals surface area contributed by atoms with E-state index >= 15 is 0 Å². The Morgan fingerprint density at radius 2 is 2.16 bits per heavy atom. The van der Waals surface area contributed by atoms with E-state index in [9.17, 15) is 9.90 Å². The third-order valence-electron chi connectivity index (χ3n) is 3.26. The van der Waals surface area contributed by atoms with Crippen LogP contribution in [0.15, 0.2) is 24.4 Å². The number of aromatic carboxylic acids is 1. The number of carboxylic acids is 1. The van der Waals surface area contributed by atoms with E-state index in [1.54, 1.807) is 12.1 Å². The lowest BCUT2D eigenvalue weighted by Gasteiger charge is -2.07. The maximum absolute atomic E-state index is 11.4. The first-order valence-corrected chi connectivity index (χ1v) is 6.62. The van der Waals surface area contributed by atoms with E-state index in [-0.39, 0.29) is 0 Å². The minimum atomic E-state index is -0.870. The molecule has 0 saturated carbocycles. The summed E-state index contributed by atoms with van der Waals surface area (Å²) >= 11 is 0. The Hall–Kier alpha value is -1.81. The topological polar surface area (TPSA) is 54.3 Å². The highest BCUT2D eigenvalue weighted by atomic mass is 16.4. The maximum Gasteiger partial charge on any atom is 0.336 e. The first kappa shape index (κ1) is 13.6. The largest absolute Gasteiger partial charge is 0.478 e. The minimum absolute atomic E-state index is 0.372. The van der Waals surface area contributed by atoms with Gasteiger partial charge in [-0.15, -0.1) is 0 Å². The fraction of sp³-hybridized carbons (Fsp3) is 0.400. The fourth-order valence-electron chi connectivity index (χ4n) is 2.33. The van der Waals surface area contributed by atoms with Crippen LogP contribution in [0.2, 0.25) is 0 Å². The van der Waals surface area contributed by atoms with Crippen molar-refractivity contribution in [2.45, 2.75) is 39.9 Å². The molecule has 0 radical (unpaired) electrons. The quantitative estimate of drug-likeness (QED) is 0.869. The predicted molar refractivity (Wildman–Crippen MR) is 76.5 cm³/mol. The number of aromatic nitrogens is 1. The van der Waals surface area contributed by atoms with Gasteiger partial charge in [0.2, 0.25) is 0 Å². The Bertz CT molecular complexity index is 599. The van der Waals surface area contributed by atoms with Gasteiger partial charge >= 0.3 is 5.97 Å². The SMILES string of the molecule is CCn1cc(CNC(C)C)c2c(C(=O)O)cccc21. The molecule has 2 aromatic rings. The van der Waals surface area contributed by atoms with E-state index in [0.717, 1.165) is 23.0 Å². The summed E-state index contributed by atoms with van der Waals surface area (Å²) in [4.78, 5) is 11.4. The van der Waals surface area contributed by atoms with Crippen molar-refractivity contribution in [2.75, 3.05) is 0 Å². The highest BCUT2D eigenvalue weighted by Gasteiger charge is 2.15. The molecule has 0 bridgehead atoms. The summed E-state index contributed by atoms with van der Waals surface area (Å²) in [7, 11) is 0. The molecule has 0 unspecified atom stereocenters. The van der Waals surface area contributed by atoms with E-state index in [1.807, 2.05) is 12.3 Å². The lowest BCUT2D eigenvalue weighted by molar-refractivity contribution is 0.0699. The second-order valence-electron chi connectivity index (χ2n) is 4.98. The normalized spacial score (nSPS) is 11.4. The van der Waals surface area contributed by atoms with Gasteiger partial charge in [-0.1, -0.05) is 19.9 Å². The molecule has 19 heavy (non-hydrogen) atoms. The van der Waals surface area contributed by atoms with E-state index in [0.29, 0.717) is 18.2 Å². The van der Waals surface area contributed by atoms with Crippen LogP contribution >= 0.6 is 0 Å². The first-order chi connectivity index (χ1) is 9.04. The van der Waals surface area contributed by atoms with E-state index in [2.05, 4.69) is 30.7 Å². The zero-order valence-electron chi connectivity index (χ0n) is 11.6. The van der Waals surface area contributed by atoms with Crippen molar-refractivity contribution in [3.8, 4) is 0 Å². The molecule has 4 nitrogen and oxygen atoms in total. The smallest absolute Gasteiger partial charge is 0.336 e. The molecular weight excluding hydrogens is 240 g/mol. The van der Waals surface area contributed by atoms with Gasteiger partial charge in [-0.3, -0.25) is 0 Å². The summed E-state index contributed by atoms with van der Waals surface area (Å²) in [6.45, 7) is 7.74. The summed E-state index contributed by atoms with van der Waals surface area (Å²) < 4.78 is 2.10. The summed E-state index contributed by atoms with van der Waals surface area (Å²) in [6.07, 6.45) is 2.05. The molecule has 2 N–H and O–H groups in total. The van der Waals surface area contributed by atoms with E-state index < -0.39 is 5.97 Å². The molecule has 1 heterocycles. The third kappa shape index (κ3) is 2.63. The van der Waals surface area contributed by atoms with Crippen LogP contribution < -0.4 is 5.32 Å². The standard InChI is InChI=1S/C15H20N2O2/c1-4-17-9-11(8-16-10(2)3)14-12(15(18)19)6-5-7-13(14)17/h5-7,9-10,16H,4,8H2,1-3H3,(H,18,19). The number of rotatable bonds is 5. The van der Waals surface area contributed by atoms with Crippen molar-refractivity contribution in [3.63, 3.8) is 0 Å². The van der Waals surface area contributed by atoms with Gasteiger partial charge in [-0.05, 0) is 24.6 Å². The monoisotopic (exact) mass is 260 g/mol. The summed E-state index contributed by atoms with van der Waals surface area (Å²) in [6, 6.07) is 5.82. The number of carbonyl (C=O) groups is 1. The number of benzene rings is 1. The summed E-state index contributed by atoms with van der Waals surface area (Å²) in [5.41, 5.74) is 2.41. The molecule has 0 saturated heterocycles. The highest BCUT2D eigenvalue weighted by Crippen LogP contribution is 2.25. The second kappa shape index (κ2) is 5.45. The van der Waals surface area contributed by atoms with Gasteiger partial charge in [0.05, 0.1) is 5.56 Å². The highest BCUT2D eigenvalue weighted by molar-refractivity contribution is 6.04. The number of hydrogen-bond donors (Lipinski definition) is 2.